The van der Waals surface area contributed by atoms with Gasteiger partial charge in [0.25, 0.3) is 0 Å². The van der Waals surface area contributed by atoms with E-state index in [0.29, 0.717) is 23.1 Å². The number of halogens is 1. The van der Waals surface area contributed by atoms with E-state index in [0.717, 1.165) is 44.2 Å². The lowest BCUT2D eigenvalue weighted by Crippen LogP contribution is -2.38. The molecule has 0 aliphatic carbocycles. The monoisotopic (exact) mass is 390 g/mol. The van der Waals surface area contributed by atoms with Crippen LogP contribution in [0.1, 0.15) is 5.56 Å². The van der Waals surface area contributed by atoms with Crippen LogP contribution in [-0.2, 0) is 4.74 Å². The fourth-order valence-electron chi connectivity index (χ4n) is 2.72. The minimum absolute atomic E-state index is 0.319. The maximum atomic E-state index is 12.2. The number of nitrogens with zero attached hydrogens (tertiary/aromatic N) is 2. The number of morpholine rings is 1. The molecule has 0 saturated carbocycles. The number of ether oxygens (including phenoxy) is 2. The summed E-state index contributed by atoms with van der Waals surface area (Å²) >= 11 is 5.82. The number of aryl methyl sites for hydroxylation is 1. The van der Waals surface area contributed by atoms with Gasteiger partial charge in [0.15, 0.2) is 0 Å². The number of amides is 2. The van der Waals surface area contributed by atoms with Crippen LogP contribution >= 0.6 is 11.6 Å². The van der Waals surface area contributed by atoms with Gasteiger partial charge in [-0.15, -0.1) is 0 Å². The molecule has 0 bridgehead atoms. The number of carbonyl (C=O) groups excluding carboxylic acids is 1. The number of nitrogens with one attached hydrogen (secondary N) is 2. The first-order valence-corrected chi connectivity index (χ1v) is 9.21. The van der Waals surface area contributed by atoms with Crippen LogP contribution in [0.15, 0.2) is 36.5 Å². The Morgan fingerprint density at radius 1 is 1.22 bits per heavy atom. The van der Waals surface area contributed by atoms with Gasteiger partial charge in [-0.25, -0.2) is 9.78 Å². The number of pyridine rings is 1. The van der Waals surface area contributed by atoms with Crippen molar-refractivity contribution in [3.8, 4) is 5.75 Å². The number of carbonyl (C=O) groups is 1. The fraction of sp³-hybridized carbons (Fsp3) is 0.368. The summed E-state index contributed by atoms with van der Waals surface area (Å²) in [6, 6.07) is 8.47. The molecule has 1 aliphatic rings. The van der Waals surface area contributed by atoms with E-state index in [-0.39, 0.29) is 6.03 Å². The Morgan fingerprint density at radius 3 is 2.70 bits per heavy atom. The topological polar surface area (TPSA) is 75.7 Å². The molecule has 0 spiro atoms. The molecular formula is C19H23ClN4O3. The molecule has 0 radical (unpaired) electrons. The molecule has 2 heterocycles. The van der Waals surface area contributed by atoms with Crippen LogP contribution in [0.5, 0.6) is 5.75 Å². The van der Waals surface area contributed by atoms with E-state index >= 15 is 0 Å². The summed E-state index contributed by atoms with van der Waals surface area (Å²) in [6.07, 6.45) is 1.53. The van der Waals surface area contributed by atoms with Crippen LogP contribution in [-0.4, -0.2) is 55.4 Å². The molecule has 7 nitrogen and oxygen atoms in total. The molecule has 0 atom stereocenters. The Hall–Kier alpha value is -2.35. The second-order valence-electron chi connectivity index (χ2n) is 6.23. The second-order valence-corrected chi connectivity index (χ2v) is 6.62. The lowest BCUT2D eigenvalue weighted by Gasteiger charge is -2.26. The van der Waals surface area contributed by atoms with Crippen molar-refractivity contribution < 1.29 is 14.3 Å². The molecule has 0 unspecified atom stereocenters. The highest BCUT2D eigenvalue weighted by Crippen LogP contribution is 2.23. The van der Waals surface area contributed by atoms with Crippen LogP contribution in [0.3, 0.4) is 0 Å². The lowest BCUT2D eigenvalue weighted by molar-refractivity contribution is 0.0322. The smallest absolute Gasteiger partial charge is 0.323 e. The van der Waals surface area contributed by atoms with Crippen molar-refractivity contribution in [1.29, 1.82) is 0 Å². The van der Waals surface area contributed by atoms with Gasteiger partial charge in [-0.1, -0.05) is 17.7 Å². The molecule has 1 aromatic carbocycles. The molecule has 2 amide bonds. The normalized spacial score (nSPS) is 14.6. The van der Waals surface area contributed by atoms with Crippen molar-refractivity contribution in [2.75, 3.05) is 50.1 Å². The van der Waals surface area contributed by atoms with E-state index in [1.165, 1.54) is 6.20 Å². The predicted molar refractivity (Wildman–Crippen MR) is 106 cm³/mol. The zero-order chi connectivity index (χ0) is 19.1. The summed E-state index contributed by atoms with van der Waals surface area (Å²) in [6.45, 7) is 6.83. The van der Waals surface area contributed by atoms with Gasteiger partial charge >= 0.3 is 6.03 Å². The number of urea groups is 1. The van der Waals surface area contributed by atoms with Gasteiger partial charge in [-0.2, -0.15) is 0 Å². The van der Waals surface area contributed by atoms with Gasteiger partial charge in [-0.05, 0) is 30.7 Å². The van der Waals surface area contributed by atoms with E-state index in [4.69, 9.17) is 21.1 Å². The zero-order valence-electron chi connectivity index (χ0n) is 15.2. The standard InChI is InChI=1S/C19H23ClN4O3/c1-14-2-3-15(22-19(25)23-16-4-5-21-18(20)13-16)12-17(14)27-11-8-24-6-9-26-10-7-24/h2-5,12-13H,6-11H2,1H3,(H2,21,22,23,25). The Labute approximate surface area is 163 Å². The largest absolute Gasteiger partial charge is 0.492 e. The number of anilines is 2. The van der Waals surface area contributed by atoms with Crippen molar-refractivity contribution >= 4 is 29.0 Å². The van der Waals surface area contributed by atoms with Gasteiger partial charge in [0, 0.05) is 43.3 Å². The highest BCUT2D eigenvalue weighted by atomic mass is 35.5. The van der Waals surface area contributed by atoms with E-state index in [1.807, 2.05) is 25.1 Å². The Morgan fingerprint density at radius 2 is 1.96 bits per heavy atom. The average molecular weight is 391 g/mol. The molecule has 1 fully saturated rings. The molecule has 27 heavy (non-hydrogen) atoms. The van der Waals surface area contributed by atoms with Crippen molar-refractivity contribution in [2.45, 2.75) is 6.92 Å². The molecule has 2 N–H and O–H groups in total. The number of benzene rings is 1. The highest BCUT2D eigenvalue weighted by molar-refractivity contribution is 6.29. The molecule has 1 aliphatic heterocycles. The van der Waals surface area contributed by atoms with Crippen LogP contribution < -0.4 is 15.4 Å². The molecular weight excluding hydrogens is 368 g/mol. The van der Waals surface area contributed by atoms with E-state index in [1.54, 1.807) is 12.1 Å². The fourth-order valence-corrected chi connectivity index (χ4v) is 2.89. The van der Waals surface area contributed by atoms with Gasteiger partial charge in [0.1, 0.15) is 17.5 Å². The number of aromatic nitrogens is 1. The molecule has 144 valence electrons. The van der Waals surface area contributed by atoms with Crippen LogP contribution in [0, 0.1) is 6.92 Å². The molecule has 1 aromatic heterocycles. The van der Waals surface area contributed by atoms with Gasteiger partial charge in [0.05, 0.1) is 13.2 Å². The molecule has 2 aromatic rings. The predicted octanol–water partition coefficient (Wildman–Crippen LogP) is 3.40. The van der Waals surface area contributed by atoms with E-state index in [9.17, 15) is 4.79 Å². The Balaban J connectivity index is 1.53. The van der Waals surface area contributed by atoms with Crippen molar-refractivity contribution in [2.24, 2.45) is 0 Å². The van der Waals surface area contributed by atoms with Gasteiger partial charge < -0.3 is 20.1 Å². The van der Waals surface area contributed by atoms with Crippen molar-refractivity contribution in [3.63, 3.8) is 0 Å². The Kier molecular flexibility index (Phi) is 6.86. The van der Waals surface area contributed by atoms with Crippen molar-refractivity contribution in [3.05, 3.63) is 47.2 Å². The Bertz CT molecular complexity index is 781. The number of hydrogen-bond donors (Lipinski definition) is 2. The van der Waals surface area contributed by atoms with Crippen LogP contribution in [0.25, 0.3) is 0 Å². The molecule has 3 rings (SSSR count). The summed E-state index contributed by atoms with van der Waals surface area (Å²) in [5.41, 5.74) is 2.24. The average Bonchev–Trinajstić information content (AvgIpc) is 2.65. The third-order valence-electron chi connectivity index (χ3n) is 4.20. The zero-order valence-corrected chi connectivity index (χ0v) is 16.0. The SMILES string of the molecule is Cc1ccc(NC(=O)Nc2ccnc(Cl)c2)cc1OCCN1CCOCC1. The number of hydrogen-bond acceptors (Lipinski definition) is 5. The molecule has 8 heteroatoms. The first kappa shape index (κ1) is 19.4. The summed E-state index contributed by atoms with van der Waals surface area (Å²) in [7, 11) is 0. The van der Waals surface area contributed by atoms with E-state index < -0.39 is 0 Å². The van der Waals surface area contributed by atoms with Crippen LogP contribution in [0.4, 0.5) is 16.2 Å². The third kappa shape index (κ3) is 6.09. The lowest BCUT2D eigenvalue weighted by atomic mass is 10.2. The second kappa shape index (κ2) is 9.55. The van der Waals surface area contributed by atoms with Gasteiger partial charge in [-0.3, -0.25) is 4.90 Å². The van der Waals surface area contributed by atoms with Crippen molar-refractivity contribution in [1.82, 2.24) is 9.88 Å². The summed E-state index contributed by atoms with van der Waals surface area (Å²) in [4.78, 5) is 18.4. The number of rotatable bonds is 6. The quantitative estimate of drug-likeness (QED) is 0.739. The molecule has 1 saturated heterocycles. The van der Waals surface area contributed by atoms with Crippen LogP contribution in [0.2, 0.25) is 5.15 Å². The summed E-state index contributed by atoms with van der Waals surface area (Å²) < 4.78 is 11.3. The minimum atomic E-state index is -0.361. The summed E-state index contributed by atoms with van der Waals surface area (Å²) in [5.74, 6) is 0.757. The maximum Gasteiger partial charge on any atom is 0.323 e. The highest BCUT2D eigenvalue weighted by Gasteiger charge is 2.11. The van der Waals surface area contributed by atoms with Gasteiger partial charge in [0.2, 0.25) is 0 Å². The van der Waals surface area contributed by atoms with E-state index in [2.05, 4.69) is 20.5 Å². The minimum Gasteiger partial charge on any atom is -0.492 e. The first-order valence-electron chi connectivity index (χ1n) is 8.83. The third-order valence-corrected chi connectivity index (χ3v) is 4.41. The first-order chi connectivity index (χ1) is 13.1. The maximum absolute atomic E-state index is 12.2. The summed E-state index contributed by atoms with van der Waals surface area (Å²) in [5, 5.41) is 5.83.